The summed E-state index contributed by atoms with van der Waals surface area (Å²) in [5, 5.41) is 0.349. The van der Waals surface area contributed by atoms with Crippen LogP contribution in [0.3, 0.4) is 0 Å². The average molecular weight is 447 g/mol. The number of nitrogens with zero attached hydrogens (tertiary/aromatic N) is 2. The summed E-state index contributed by atoms with van der Waals surface area (Å²) in [6.45, 7) is 9.79. The Hall–Kier alpha value is -2.60. The van der Waals surface area contributed by atoms with Gasteiger partial charge in [-0.15, -0.1) is 0 Å². The van der Waals surface area contributed by atoms with Crippen LogP contribution in [-0.2, 0) is 11.8 Å². The second-order valence-corrected chi connectivity index (χ2v) is 8.59. The fourth-order valence-corrected chi connectivity index (χ4v) is 3.95. The number of ketones is 1. The lowest BCUT2D eigenvalue weighted by atomic mass is 9.98. The maximum atomic E-state index is 13.6. The Bertz CT molecular complexity index is 994. The van der Waals surface area contributed by atoms with E-state index in [1.807, 2.05) is 0 Å². The minimum atomic E-state index is -0.729. The molecule has 0 aliphatic heterocycles. The van der Waals surface area contributed by atoms with Crippen LogP contribution < -0.4 is 0 Å². The van der Waals surface area contributed by atoms with E-state index in [1.165, 1.54) is 7.11 Å². The van der Waals surface area contributed by atoms with E-state index in [2.05, 4.69) is 13.8 Å². The molecule has 168 valence electrons. The normalized spacial score (nSPS) is 12.0. The van der Waals surface area contributed by atoms with Gasteiger partial charge in [-0.1, -0.05) is 37.6 Å². The van der Waals surface area contributed by atoms with Gasteiger partial charge in [0.15, 0.2) is 5.78 Å². The molecule has 6 nitrogen and oxygen atoms in total. The van der Waals surface area contributed by atoms with E-state index in [1.54, 1.807) is 61.6 Å². The maximum Gasteiger partial charge on any atom is 0.354 e. The zero-order valence-electron chi connectivity index (χ0n) is 19.3. The smallest absolute Gasteiger partial charge is 0.354 e. The molecule has 0 saturated carbocycles. The molecule has 7 heteroatoms. The Morgan fingerprint density at radius 1 is 1.13 bits per heavy atom. The van der Waals surface area contributed by atoms with Crippen molar-refractivity contribution in [1.29, 1.82) is 0 Å². The molecule has 1 heterocycles. The molecular weight excluding hydrogens is 416 g/mol. The van der Waals surface area contributed by atoms with Gasteiger partial charge >= 0.3 is 5.97 Å². The highest BCUT2D eigenvalue weighted by Gasteiger charge is 2.33. The van der Waals surface area contributed by atoms with Crippen molar-refractivity contribution in [2.24, 2.45) is 13.0 Å². The number of rotatable bonds is 8. The van der Waals surface area contributed by atoms with Crippen molar-refractivity contribution in [2.45, 2.75) is 47.1 Å². The predicted octanol–water partition coefficient (Wildman–Crippen LogP) is 4.84. The number of ether oxygens (including phenoxy) is 1. The number of esters is 1. The summed E-state index contributed by atoms with van der Waals surface area (Å²) in [6.07, 6.45) is 0.744. The maximum absolute atomic E-state index is 13.6. The second kappa shape index (κ2) is 10.1. The molecule has 1 amide bonds. The fraction of sp³-hybridized carbons (Fsp3) is 0.458. The summed E-state index contributed by atoms with van der Waals surface area (Å²) in [4.78, 5) is 40.7. The van der Waals surface area contributed by atoms with Gasteiger partial charge in [-0.25, -0.2) is 4.79 Å². The summed E-state index contributed by atoms with van der Waals surface area (Å²) in [7, 11) is 3.03. The molecule has 1 aromatic carbocycles. The average Bonchev–Trinajstić information content (AvgIpc) is 2.95. The lowest BCUT2D eigenvalue weighted by molar-refractivity contribution is 0.0587. The Morgan fingerprint density at radius 2 is 1.74 bits per heavy atom. The van der Waals surface area contributed by atoms with Crippen LogP contribution in [0.25, 0.3) is 0 Å². The number of hydrogen-bond donors (Lipinski definition) is 0. The molecule has 0 unspecified atom stereocenters. The van der Waals surface area contributed by atoms with Crippen LogP contribution >= 0.6 is 11.6 Å². The van der Waals surface area contributed by atoms with Crippen LogP contribution in [-0.4, -0.2) is 46.8 Å². The first kappa shape index (κ1) is 24.7. The number of carbonyl (C=O) groups excluding carboxylic acids is 3. The molecule has 0 bridgehead atoms. The largest absolute Gasteiger partial charge is 0.464 e. The SMILES string of the molecule is COC(=O)c1c(C)c(C(=O)[C@@H](C)N(CCC(C)C)C(=O)c2ccccc2Cl)c(C)n1C. The van der Waals surface area contributed by atoms with Gasteiger partial charge in [0, 0.05) is 24.8 Å². The molecule has 0 aliphatic carbocycles. The van der Waals surface area contributed by atoms with E-state index in [4.69, 9.17) is 16.3 Å². The first-order valence-electron chi connectivity index (χ1n) is 10.4. The minimum Gasteiger partial charge on any atom is -0.464 e. The van der Waals surface area contributed by atoms with Crippen molar-refractivity contribution in [3.8, 4) is 0 Å². The van der Waals surface area contributed by atoms with Gasteiger partial charge in [-0.2, -0.15) is 0 Å². The summed E-state index contributed by atoms with van der Waals surface area (Å²) >= 11 is 6.27. The van der Waals surface area contributed by atoms with Crippen LogP contribution in [0.2, 0.25) is 5.02 Å². The van der Waals surface area contributed by atoms with Crippen LogP contribution in [0.4, 0.5) is 0 Å². The quantitative estimate of drug-likeness (QED) is 0.429. The topological polar surface area (TPSA) is 68.6 Å². The third kappa shape index (κ3) is 5.01. The van der Waals surface area contributed by atoms with Crippen molar-refractivity contribution in [3.05, 3.63) is 57.4 Å². The van der Waals surface area contributed by atoms with Crippen LogP contribution in [0.15, 0.2) is 24.3 Å². The lowest BCUT2D eigenvalue weighted by Crippen LogP contribution is -2.44. The second-order valence-electron chi connectivity index (χ2n) is 8.19. The molecule has 2 aromatic rings. The molecule has 0 saturated heterocycles. The number of carbonyl (C=O) groups is 3. The molecular formula is C24H31ClN2O4. The summed E-state index contributed by atoms with van der Waals surface area (Å²) in [6, 6.07) is 6.11. The molecule has 1 aromatic heterocycles. The number of aromatic nitrogens is 1. The van der Waals surface area contributed by atoms with Gasteiger partial charge in [0.2, 0.25) is 0 Å². The number of methoxy groups -OCH3 is 1. The van der Waals surface area contributed by atoms with Crippen molar-refractivity contribution < 1.29 is 19.1 Å². The highest BCUT2D eigenvalue weighted by molar-refractivity contribution is 6.33. The Balaban J connectivity index is 2.49. The molecule has 0 aliphatic rings. The monoisotopic (exact) mass is 446 g/mol. The van der Waals surface area contributed by atoms with E-state index in [0.29, 0.717) is 45.6 Å². The van der Waals surface area contributed by atoms with Gasteiger partial charge in [0.05, 0.1) is 23.7 Å². The lowest BCUT2D eigenvalue weighted by Gasteiger charge is -2.30. The number of Topliss-reactive ketones (excluding diaryl/α,β-unsaturated/α-hetero) is 1. The number of halogens is 1. The van der Waals surface area contributed by atoms with E-state index in [-0.39, 0.29) is 11.7 Å². The standard InChI is InChI=1S/C24H31ClN2O4/c1-14(2)12-13-27(23(29)18-10-8-9-11-19(18)25)17(5)22(28)20-15(3)21(24(30)31-7)26(6)16(20)4/h8-11,14,17H,12-13H2,1-7H3/t17-/m1/s1. The van der Waals surface area contributed by atoms with Gasteiger partial charge in [-0.3, -0.25) is 9.59 Å². The molecule has 0 N–H and O–H groups in total. The van der Waals surface area contributed by atoms with Crippen molar-refractivity contribution in [2.75, 3.05) is 13.7 Å². The molecule has 0 spiro atoms. The van der Waals surface area contributed by atoms with Crippen LogP contribution in [0.5, 0.6) is 0 Å². The van der Waals surface area contributed by atoms with Crippen LogP contribution in [0, 0.1) is 19.8 Å². The zero-order chi connectivity index (χ0) is 23.5. The molecule has 31 heavy (non-hydrogen) atoms. The molecule has 1 atom stereocenters. The molecule has 0 radical (unpaired) electrons. The van der Waals surface area contributed by atoms with Gasteiger partial charge in [-0.05, 0) is 50.8 Å². The number of amides is 1. The third-order valence-corrected chi connectivity index (χ3v) is 6.04. The number of hydrogen-bond acceptors (Lipinski definition) is 4. The van der Waals surface area contributed by atoms with Gasteiger partial charge < -0.3 is 14.2 Å². The van der Waals surface area contributed by atoms with E-state index in [0.717, 1.165) is 6.42 Å². The fourth-order valence-electron chi connectivity index (χ4n) is 3.73. The van der Waals surface area contributed by atoms with Crippen molar-refractivity contribution in [1.82, 2.24) is 9.47 Å². The Labute approximate surface area is 189 Å². The first-order valence-corrected chi connectivity index (χ1v) is 10.7. The Kier molecular flexibility index (Phi) is 8.07. The highest BCUT2D eigenvalue weighted by Crippen LogP contribution is 2.26. The van der Waals surface area contributed by atoms with Crippen LogP contribution in [0.1, 0.15) is 69.7 Å². The predicted molar refractivity (Wildman–Crippen MR) is 122 cm³/mol. The summed E-state index contributed by atoms with van der Waals surface area (Å²) in [5.41, 5.74) is 2.35. The summed E-state index contributed by atoms with van der Waals surface area (Å²) in [5.74, 6) is -0.648. The Morgan fingerprint density at radius 3 is 2.29 bits per heavy atom. The van der Waals surface area contributed by atoms with E-state index >= 15 is 0 Å². The van der Waals surface area contributed by atoms with Gasteiger partial charge in [0.25, 0.3) is 5.91 Å². The first-order chi connectivity index (χ1) is 14.5. The number of benzene rings is 1. The van der Waals surface area contributed by atoms with E-state index in [9.17, 15) is 14.4 Å². The third-order valence-electron chi connectivity index (χ3n) is 5.72. The highest BCUT2D eigenvalue weighted by atomic mass is 35.5. The van der Waals surface area contributed by atoms with Crippen molar-refractivity contribution in [3.63, 3.8) is 0 Å². The minimum absolute atomic E-state index is 0.218. The van der Waals surface area contributed by atoms with E-state index < -0.39 is 12.0 Å². The summed E-state index contributed by atoms with van der Waals surface area (Å²) < 4.78 is 6.54. The molecule has 0 fully saturated rings. The molecule has 2 rings (SSSR count). The zero-order valence-corrected chi connectivity index (χ0v) is 20.0. The van der Waals surface area contributed by atoms with Crippen molar-refractivity contribution >= 4 is 29.3 Å². The van der Waals surface area contributed by atoms with Gasteiger partial charge in [0.1, 0.15) is 5.69 Å².